The highest BCUT2D eigenvalue weighted by Crippen LogP contribution is 2.17. The second-order valence-corrected chi connectivity index (χ2v) is 7.34. The first kappa shape index (κ1) is 15.2. The summed E-state index contributed by atoms with van der Waals surface area (Å²) in [7, 11) is -1.20. The molecule has 2 aliphatic heterocycles. The summed E-state index contributed by atoms with van der Waals surface area (Å²) < 4.78 is 28.7. The number of hydrogen-bond acceptors (Lipinski definition) is 4. The van der Waals surface area contributed by atoms with Crippen LogP contribution in [0.4, 0.5) is 0 Å². The molecule has 0 radical (unpaired) electrons. The summed E-state index contributed by atoms with van der Waals surface area (Å²) in [6, 6.07) is 0.341. The van der Waals surface area contributed by atoms with Crippen LogP contribution in [0.25, 0.3) is 0 Å². The summed E-state index contributed by atoms with van der Waals surface area (Å²) in [4.78, 5) is 2.26. The van der Waals surface area contributed by atoms with Crippen molar-refractivity contribution < 1.29 is 8.42 Å². The minimum atomic E-state index is -3.27. The lowest BCUT2D eigenvalue weighted by atomic mass is 10.1. The quantitative estimate of drug-likeness (QED) is 0.765. The molecule has 0 aliphatic carbocycles. The molecule has 1 N–H and O–H groups in total. The molecule has 0 amide bonds. The van der Waals surface area contributed by atoms with Crippen LogP contribution < -0.4 is 5.32 Å². The highest BCUT2D eigenvalue weighted by Gasteiger charge is 2.34. The minimum Gasteiger partial charge on any atom is -0.315 e. The molecule has 6 nitrogen and oxygen atoms in total. The maximum Gasteiger partial charge on any atom is 0.282 e. The summed E-state index contributed by atoms with van der Waals surface area (Å²) >= 11 is 0. The molecule has 2 fully saturated rings. The van der Waals surface area contributed by atoms with Gasteiger partial charge in [-0.3, -0.25) is 0 Å². The number of nitrogens with one attached hydrogen (secondary N) is 1. The van der Waals surface area contributed by atoms with Gasteiger partial charge in [0.15, 0.2) is 0 Å². The molecular weight excluding hydrogens is 264 g/mol. The molecule has 1 atom stereocenters. The summed E-state index contributed by atoms with van der Waals surface area (Å²) in [5.41, 5.74) is 0. The van der Waals surface area contributed by atoms with Gasteiger partial charge < -0.3 is 10.2 Å². The molecule has 2 rings (SSSR count). The van der Waals surface area contributed by atoms with E-state index in [1.807, 2.05) is 0 Å². The lowest BCUT2D eigenvalue weighted by Gasteiger charge is -2.40. The first-order valence-corrected chi connectivity index (χ1v) is 8.61. The van der Waals surface area contributed by atoms with Gasteiger partial charge in [0, 0.05) is 45.3 Å². The minimum absolute atomic E-state index is 0.341. The molecule has 0 spiro atoms. The van der Waals surface area contributed by atoms with Crippen LogP contribution in [0, 0.1) is 0 Å². The number of piperazine rings is 1. The molecular formula is C12H26N4O2S. The first-order valence-electron chi connectivity index (χ1n) is 7.22. The molecule has 2 heterocycles. The predicted molar refractivity (Wildman–Crippen MR) is 76.3 cm³/mol. The van der Waals surface area contributed by atoms with Crippen molar-refractivity contribution in [3.63, 3.8) is 0 Å². The number of rotatable bonds is 3. The molecule has 1 unspecified atom stereocenters. The van der Waals surface area contributed by atoms with E-state index in [0.717, 1.165) is 32.5 Å². The fourth-order valence-corrected chi connectivity index (χ4v) is 4.46. The lowest BCUT2D eigenvalue weighted by molar-refractivity contribution is 0.139. The van der Waals surface area contributed by atoms with E-state index in [9.17, 15) is 8.42 Å². The molecule has 0 aromatic heterocycles. The van der Waals surface area contributed by atoms with E-state index in [1.165, 1.54) is 0 Å². The molecule has 0 aromatic carbocycles. The SMILES string of the molecule is CCC1CN(S(=O)(=O)N2CCCNCC2)CCN1C. The summed E-state index contributed by atoms with van der Waals surface area (Å²) in [5, 5.41) is 3.25. The average Bonchev–Trinajstić information content (AvgIpc) is 2.68. The molecule has 112 valence electrons. The zero-order chi connectivity index (χ0) is 13.9. The van der Waals surface area contributed by atoms with E-state index in [2.05, 4.69) is 24.2 Å². The van der Waals surface area contributed by atoms with Gasteiger partial charge >= 0.3 is 0 Å². The lowest BCUT2D eigenvalue weighted by Crippen LogP contribution is -2.56. The van der Waals surface area contributed by atoms with Crippen molar-refractivity contribution in [3.05, 3.63) is 0 Å². The van der Waals surface area contributed by atoms with Crippen molar-refractivity contribution in [2.24, 2.45) is 0 Å². The highest BCUT2D eigenvalue weighted by atomic mass is 32.2. The monoisotopic (exact) mass is 290 g/mol. The van der Waals surface area contributed by atoms with Gasteiger partial charge in [0.05, 0.1) is 0 Å². The highest BCUT2D eigenvalue weighted by molar-refractivity contribution is 7.86. The third-order valence-corrected chi connectivity index (χ3v) is 6.16. The van der Waals surface area contributed by atoms with Gasteiger partial charge in [0.25, 0.3) is 10.2 Å². The molecule has 0 aromatic rings. The van der Waals surface area contributed by atoms with Crippen LogP contribution in [-0.2, 0) is 10.2 Å². The standard InChI is InChI=1S/C12H26N4O2S/c1-3-12-11-16(10-9-14(12)2)19(17,18)15-7-4-5-13-6-8-15/h12-13H,3-11H2,1-2H3. The van der Waals surface area contributed by atoms with Crippen molar-refractivity contribution in [3.8, 4) is 0 Å². The van der Waals surface area contributed by atoms with E-state index in [-0.39, 0.29) is 0 Å². The maximum absolute atomic E-state index is 12.7. The van der Waals surface area contributed by atoms with Crippen LogP contribution in [0.3, 0.4) is 0 Å². The van der Waals surface area contributed by atoms with Gasteiger partial charge in [-0.1, -0.05) is 6.92 Å². The average molecular weight is 290 g/mol. The van der Waals surface area contributed by atoms with E-state index in [0.29, 0.717) is 32.2 Å². The molecule has 19 heavy (non-hydrogen) atoms. The van der Waals surface area contributed by atoms with Gasteiger partial charge in [-0.15, -0.1) is 0 Å². The van der Waals surface area contributed by atoms with Crippen molar-refractivity contribution in [1.82, 2.24) is 18.8 Å². The number of nitrogens with zero attached hydrogens (tertiary/aromatic N) is 3. The van der Waals surface area contributed by atoms with Crippen LogP contribution in [0.1, 0.15) is 19.8 Å². The van der Waals surface area contributed by atoms with Crippen LogP contribution in [-0.4, -0.2) is 80.8 Å². The van der Waals surface area contributed by atoms with Crippen molar-refractivity contribution >= 4 is 10.2 Å². The number of likely N-dealkylation sites (N-methyl/N-ethyl adjacent to an activating group) is 1. The Kier molecular flexibility index (Phi) is 5.19. The summed E-state index contributed by atoms with van der Waals surface area (Å²) in [5.74, 6) is 0. The molecule has 7 heteroatoms. The van der Waals surface area contributed by atoms with Gasteiger partial charge in [-0.25, -0.2) is 0 Å². The van der Waals surface area contributed by atoms with E-state index in [1.54, 1.807) is 8.61 Å². The van der Waals surface area contributed by atoms with Gasteiger partial charge in [0.2, 0.25) is 0 Å². The second-order valence-electron chi connectivity index (χ2n) is 5.41. The Morgan fingerprint density at radius 2 is 1.89 bits per heavy atom. The molecule has 0 saturated carbocycles. The fraction of sp³-hybridized carbons (Fsp3) is 1.00. The third kappa shape index (κ3) is 3.46. The Hall–Kier alpha value is -0.210. The van der Waals surface area contributed by atoms with E-state index < -0.39 is 10.2 Å². The molecule has 2 saturated heterocycles. The second kappa shape index (κ2) is 6.49. The maximum atomic E-state index is 12.7. The third-order valence-electron chi connectivity index (χ3n) is 4.16. The van der Waals surface area contributed by atoms with Crippen LogP contribution in [0.2, 0.25) is 0 Å². The van der Waals surface area contributed by atoms with Crippen molar-refractivity contribution in [1.29, 1.82) is 0 Å². The Labute approximate surface area is 116 Å². The zero-order valence-electron chi connectivity index (χ0n) is 12.0. The largest absolute Gasteiger partial charge is 0.315 e. The zero-order valence-corrected chi connectivity index (χ0v) is 12.8. The first-order chi connectivity index (χ1) is 9.05. The topological polar surface area (TPSA) is 55.9 Å². The Balaban J connectivity index is 2.06. The Bertz CT molecular complexity index is 379. The van der Waals surface area contributed by atoms with Gasteiger partial charge in [-0.2, -0.15) is 17.0 Å². The Morgan fingerprint density at radius 1 is 1.11 bits per heavy atom. The summed E-state index contributed by atoms with van der Waals surface area (Å²) in [6.07, 6.45) is 1.88. The molecule has 0 bridgehead atoms. The van der Waals surface area contributed by atoms with Gasteiger partial charge in [-0.05, 0) is 26.4 Å². The van der Waals surface area contributed by atoms with Crippen molar-refractivity contribution in [2.75, 3.05) is 52.9 Å². The van der Waals surface area contributed by atoms with Crippen LogP contribution >= 0.6 is 0 Å². The van der Waals surface area contributed by atoms with Crippen LogP contribution in [0.5, 0.6) is 0 Å². The molecule has 2 aliphatic rings. The van der Waals surface area contributed by atoms with E-state index in [4.69, 9.17) is 0 Å². The number of hydrogen-bond donors (Lipinski definition) is 1. The Morgan fingerprint density at radius 3 is 2.63 bits per heavy atom. The smallest absolute Gasteiger partial charge is 0.282 e. The summed E-state index contributed by atoms with van der Waals surface area (Å²) in [6.45, 7) is 7.07. The normalized spacial score (nSPS) is 29.3. The predicted octanol–water partition coefficient (Wildman–Crippen LogP) is -0.447. The van der Waals surface area contributed by atoms with Crippen LogP contribution in [0.15, 0.2) is 0 Å². The van der Waals surface area contributed by atoms with Gasteiger partial charge in [0.1, 0.15) is 0 Å². The fourth-order valence-electron chi connectivity index (χ4n) is 2.78. The van der Waals surface area contributed by atoms with E-state index >= 15 is 0 Å². The van der Waals surface area contributed by atoms with Crippen molar-refractivity contribution in [2.45, 2.75) is 25.8 Å².